The van der Waals surface area contributed by atoms with Gasteiger partial charge in [-0.1, -0.05) is 48.5 Å². The molecule has 1 N–H and O–H groups in total. The third kappa shape index (κ3) is 3.21. The van der Waals surface area contributed by atoms with Crippen LogP contribution in [0.3, 0.4) is 0 Å². The molecule has 4 nitrogen and oxygen atoms in total. The number of amides is 1. The fourth-order valence-corrected chi connectivity index (χ4v) is 3.74. The average Bonchev–Trinajstić information content (AvgIpc) is 3.07. The molecular weight excluding hydrogens is 333 g/mol. The summed E-state index contributed by atoms with van der Waals surface area (Å²) >= 11 is 0. The van der Waals surface area contributed by atoms with E-state index in [2.05, 4.69) is 0 Å². The molecule has 2 aromatic rings. The lowest BCUT2D eigenvalue weighted by Crippen LogP contribution is -2.43. The highest BCUT2D eigenvalue weighted by Crippen LogP contribution is 2.36. The van der Waals surface area contributed by atoms with E-state index in [9.17, 15) is 19.1 Å². The van der Waals surface area contributed by atoms with Gasteiger partial charge in [0.2, 0.25) is 5.91 Å². The van der Waals surface area contributed by atoms with Crippen molar-refractivity contribution >= 4 is 11.9 Å². The Labute approximate surface area is 152 Å². The molecule has 136 valence electrons. The smallest absolute Gasteiger partial charge is 0.308 e. The summed E-state index contributed by atoms with van der Waals surface area (Å²) < 4.78 is 14.2. The zero-order valence-corrected chi connectivity index (χ0v) is 14.9. The largest absolute Gasteiger partial charge is 0.481 e. The molecule has 0 aliphatic carbocycles. The van der Waals surface area contributed by atoms with E-state index < -0.39 is 23.1 Å². The average molecular weight is 355 g/mol. The standard InChI is InChI=1S/C21H22FNO3/c1-21(2,17-10-6-7-11-18(17)22)20(26)23-12-15(16(13-23)19(24)25)14-8-4-3-5-9-14/h3-11,15-16H,12-13H2,1-2H3,(H,24,25). The molecule has 0 aromatic heterocycles. The number of carbonyl (C=O) groups is 2. The number of carboxylic acids is 1. The predicted molar refractivity (Wildman–Crippen MR) is 96.3 cm³/mol. The van der Waals surface area contributed by atoms with Crippen LogP contribution in [0.15, 0.2) is 54.6 Å². The van der Waals surface area contributed by atoms with Gasteiger partial charge in [-0.25, -0.2) is 4.39 Å². The first kappa shape index (κ1) is 18.1. The van der Waals surface area contributed by atoms with E-state index in [4.69, 9.17) is 0 Å². The van der Waals surface area contributed by atoms with Gasteiger partial charge in [-0.15, -0.1) is 0 Å². The van der Waals surface area contributed by atoms with Crippen LogP contribution in [0.5, 0.6) is 0 Å². The maximum absolute atomic E-state index is 14.2. The summed E-state index contributed by atoms with van der Waals surface area (Å²) in [5.41, 5.74) is 0.152. The van der Waals surface area contributed by atoms with Crippen molar-refractivity contribution in [3.63, 3.8) is 0 Å². The van der Waals surface area contributed by atoms with E-state index >= 15 is 0 Å². The summed E-state index contributed by atoms with van der Waals surface area (Å²) in [7, 11) is 0. The summed E-state index contributed by atoms with van der Waals surface area (Å²) in [4.78, 5) is 26.4. The molecular formula is C21H22FNO3. The highest BCUT2D eigenvalue weighted by atomic mass is 19.1. The highest BCUT2D eigenvalue weighted by molar-refractivity contribution is 5.88. The molecule has 2 unspecified atom stereocenters. The van der Waals surface area contributed by atoms with Gasteiger partial charge in [-0.3, -0.25) is 9.59 Å². The summed E-state index contributed by atoms with van der Waals surface area (Å²) in [6.07, 6.45) is 0. The van der Waals surface area contributed by atoms with E-state index in [0.29, 0.717) is 12.1 Å². The van der Waals surface area contributed by atoms with E-state index in [-0.39, 0.29) is 18.4 Å². The number of halogens is 1. The van der Waals surface area contributed by atoms with Gasteiger partial charge < -0.3 is 10.0 Å². The van der Waals surface area contributed by atoms with E-state index in [1.54, 1.807) is 36.9 Å². The molecule has 0 spiro atoms. The van der Waals surface area contributed by atoms with Crippen molar-refractivity contribution in [1.29, 1.82) is 0 Å². The minimum Gasteiger partial charge on any atom is -0.481 e. The zero-order valence-electron chi connectivity index (χ0n) is 14.9. The maximum atomic E-state index is 14.2. The second-order valence-electron chi connectivity index (χ2n) is 7.28. The highest BCUT2D eigenvalue weighted by Gasteiger charge is 2.44. The molecule has 1 amide bonds. The van der Waals surface area contributed by atoms with Crippen molar-refractivity contribution in [3.05, 3.63) is 71.5 Å². The van der Waals surface area contributed by atoms with Gasteiger partial charge in [-0.05, 0) is 25.5 Å². The number of likely N-dealkylation sites (tertiary alicyclic amines) is 1. The van der Waals surface area contributed by atoms with Crippen LogP contribution < -0.4 is 0 Å². The molecule has 1 heterocycles. The van der Waals surface area contributed by atoms with Crippen LogP contribution in [-0.2, 0) is 15.0 Å². The second-order valence-corrected chi connectivity index (χ2v) is 7.28. The molecule has 1 aliphatic rings. The monoisotopic (exact) mass is 355 g/mol. The first-order valence-electron chi connectivity index (χ1n) is 8.64. The minimum atomic E-state index is -1.07. The molecule has 0 radical (unpaired) electrons. The Kier molecular flexibility index (Phi) is 4.81. The summed E-state index contributed by atoms with van der Waals surface area (Å²) in [6, 6.07) is 15.6. The molecule has 0 saturated carbocycles. The third-order valence-electron chi connectivity index (χ3n) is 5.23. The van der Waals surface area contributed by atoms with Crippen molar-refractivity contribution < 1.29 is 19.1 Å². The quantitative estimate of drug-likeness (QED) is 0.914. The maximum Gasteiger partial charge on any atom is 0.308 e. The van der Waals surface area contributed by atoms with Gasteiger partial charge in [-0.2, -0.15) is 0 Å². The molecule has 2 aromatic carbocycles. The SMILES string of the molecule is CC(C)(C(=O)N1CC(C(=O)O)C(c2ccccc2)C1)c1ccccc1F. The van der Waals surface area contributed by atoms with Crippen LogP contribution in [0.4, 0.5) is 4.39 Å². The van der Waals surface area contributed by atoms with Crippen molar-refractivity contribution in [2.75, 3.05) is 13.1 Å². The lowest BCUT2D eigenvalue weighted by Gasteiger charge is -2.30. The van der Waals surface area contributed by atoms with Crippen molar-refractivity contribution in [2.45, 2.75) is 25.2 Å². The summed E-state index contributed by atoms with van der Waals surface area (Å²) in [5.74, 6) is -2.54. The number of benzene rings is 2. The van der Waals surface area contributed by atoms with Crippen LogP contribution in [0, 0.1) is 11.7 Å². The number of hydrogen-bond donors (Lipinski definition) is 1. The van der Waals surface area contributed by atoms with Gasteiger partial charge in [0.05, 0.1) is 11.3 Å². The number of hydrogen-bond acceptors (Lipinski definition) is 2. The molecule has 1 saturated heterocycles. The molecule has 5 heteroatoms. The van der Waals surface area contributed by atoms with Crippen molar-refractivity contribution in [2.24, 2.45) is 5.92 Å². The number of rotatable bonds is 4. The molecule has 26 heavy (non-hydrogen) atoms. The van der Waals surface area contributed by atoms with Crippen LogP contribution in [0.1, 0.15) is 30.9 Å². The van der Waals surface area contributed by atoms with Gasteiger partial charge in [0.25, 0.3) is 0 Å². The minimum absolute atomic E-state index is 0.131. The van der Waals surface area contributed by atoms with Crippen molar-refractivity contribution in [1.82, 2.24) is 4.90 Å². The number of aliphatic carboxylic acids is 1. The first-order valence-corrected chi connectivity index (χ1v) is 8.64. The molecule has 2 atom stereocenters. The first-order chi connectivity index (χ1) is 12.3. The zero-order chi connectivity index (χ0) is 18.9. The fraction of sp³-hybridized carbons (Fsp3) is 0.333. The van der Waals surface area contributed by atoms with E-state index in [0.717, 1.165) is 5.56 Å². The third-order valence-corrected chi connectivity index (χ3v) is 5.23. The lowest BCUT2D eigenvalue weighted by molar-refractivity contribution is -0.142. The Bertz CT molecular complexity index is 819. The molecule has 0 bridgehead atoms. The predicted octanol–water partition coefficient (Wildman–Crippen LogP) is 3.43. The Morgan fingerprint density at radius 1 is 1.04 bits per heavy atom. The van der Waals surface area contributed by atoms with Gasteiger partial charge >= 0.3 is 5.97 Å². The number of carboxylic acid groups (broad SMARTS) is 1. The van der Waals surface area contributed by atoms with E-state index in [1.165, 1.54) is 6.07 Å². The van der Waals surface area contributed by atoms with Crippen LogP contribution in [0.25, 0.3) is 0 Å². The van der Waals surface area contributed by atoms with E-state index in [1.807, 2.05) is 30.3 Å². The van der Waals surface area contributed by atoms with Crippen LogP contribution >= 0.6 is 0 Å². The summed E-state index contributed by atoms with van der Waals surface area (Å²) in [6.45, 7) is 3.81. The van der Waals surface area contributed by atoms with Gasteiger partial charge in [0.1, 0.15) is 5.82 Å². The normalized spacial score (nSPS) is 20.2. The Hall–Kier alpha value is -2.69. The number of nitrogens with zero attached hydrogens (tertiary/aromatic N) is 1. The van der Waals surface area contributed by atoms with Crippen LogP contribution in [-0.4, -0.2) is 35.0 Å². The Balaban J connectivity index is 1.89. The molecule has 1 aliphatic heterocycles. The molecule has 3 rings (SSSR count). The number of carbonyl (C=O) groups excluding carboxylic acids is 1. The fourth-order valence-electron chi connectivity index (χ4n) is 3.74. The Morgan fingerprint density at radius 2 is 1.65 bits per heavy atom. The molecule has 1 fully saturated rings. The topological polar surface area (TPSA) is 57.6 Å². The summed E-state index contributed by atoms with van der Waals surface area (Å²) in [5, 5.41) is 9.61. The van der Waals surface area contributed by atoms with Gasteiger partial charge in [0.15, 0.2) is 0 Å². The lowest BCUT2D eigenvalue weighted by atomic mass is 9.83. The van der Waals surface area contributed by atoms with Crippen LogP contribution in [0.2, 0.25) is 0 Å². The second kappa shape index (κ2) is 6.90. The van der Waals surface area contributed by atoms with Gasteiger partial charge in [0, 0.05) is 24.6 Å². The Morgan fingerprint density at radius 3 is 2.27 bits per heavy atom. The van der Waals surface area contributed by atoms with Crippen molar-refractivity contribution in [3.8, 4) is 0 Å².